The van der Waals surface area contributed by atoms with Crippen LogP contribution in [0.4, 0.5) is 0 Å². The van der Waals surface area contributed by atoms with Gasteiger partial charge in [0.2, 0.25) is 0 Å². The highest BCUT2D eigenvalue weighted by atomic mass is 16.5. The summed E-state index contributed by atoms with van der Waals surface area (Å²) >= 11 is 0. The van der Waals surface area contributed by atoms with Crippen LogP contribution in [0.5, 0.6) is 5.75 Å². The third-order valence-corrected chi connectivity index (χ3v) is 5.80. The van der Waals surface area contributed by atoms with Crippen LogP contribution in [0, 0.1) is 0 Å². The molecule has 33 heavy (non-hydrogen) atoms. The van der Waals surface area contributed by atoms with Crippen LogP contribution in [0.25, 0.3) is 10.9 Å². The zero-order chi connectivity index (χ0) is 33.5. The van der Waals surface area contributed by atoms with E-state index in [0.717, 1.165) is 13.0 Å². The number of H-pyrrole nitrogens is 1. The summed E-state index contributed by atoms with van der Waals surface area (Å²) in [5.74, 6) is -2.83. The lowest BCUT2D eigenvalue weighted by molar-refractivity contribution is 0.0651. The Morgan fingerprint density at radius 3 is 2.61 bits per heavy atom. The number of carbonyl (C=O) groups excluding carboxylic acids is 2. The molecular weight excluding hydrogens is 414 g/mol. The minimum Gasteiger partial charge on any atom is -0.494 e. The summed E-state index contributed by atoms with van der Waals surface area (Å²) in [6, 6.07) is 8.75. The molecule has 3 heterocycles. The first-order chi connectivity index (χ1) is 20.6. The summed E-state index contributed by atoms with van der Waals surface area (Å²) in [6.07, 6.45) is -10.9. The standard InChI is InChI=1S/C27H31N3O3/c1-29-13-7-8-20(29)16-19-18-28-25-12-11-21(17-24(19)25)33-15-6-2-5-14-30-26(31)22-9-3-4-10-23(22)27(30)32/h3-4,9-12,17-18,20,28H,2,5-8,13-16H2,1H3/t20-/m1/s1/i2D2,5D2,6D2,14D2,15D2,16D2. The molecule has 2 amide bonds. The predicted octanol–water partition coefficient (Wildman–Crippen LogP) is 4.65. The highest BCUT2D eigenvalue weighted by molar-refractivity contribution is 6.21. The van der Waals surface area contributed by atoms with Crippen molar-refractivity contribution in [3.63, 3.8) is 0 Å². The molecule has 1 saturated heterocycles. The predicted molar refractivity (Wildman–Crippen MR) is 129 cm³/mol. The third kappa shape index (κ3) is 4.40. The zero-order valence-corrected chi connectivity index (χ0v) is 17.9. The van der Waals surface area contributed by atoms with Gasteiger partial charge >= 0.3 is 0 Å². The average molecular weight is 458 g/mol. The van der Waals surface area contributed by atoms with E-state index in [2.05, 4.69) is 4.98 Å². The van der Waals surface area contributed by atoms with Crippen molar-refractivity contribution >= 4 is 22.7 Å². The van der Waals surface area contributed by atoms with Gasteiger partial charge in [0, 0.05) is 43.3 Å². The van der Waals surface area contributed by atoms with E-state index in [9.17, 15) is 9.59 Å². The second-order valence-corrected chi connectivity index (χ2v) is 7.87. The van der Waals surface area contributed by atoms with Crippen LogP contribution >= 0.6 is 0 Å². The molecule has 172 valence electrons. The fraction of sp³-hybridized carbons (Fsp3) is 0.407. The van der Waals surface area contributed by atoms with E-state index < -0.39 is 56.4 Å². The molecule has 3 aromatic rings. The van der Waals surface area contributed by atoms with Crippen LogP contribution in [0.3, 0.4) is 0 Å². The minimum absolute atomic E-state index is 0.112. The average Bonchev–Trinajstić information content (AvgIpc) is 3.64. The fourth-order valence-corrected chi connectivity index (χ4v) is 4.07. The van der Waals surface area contributed by atoms with E-state index in [1.807, 2.05) is 11.9 Å². The Kier molecular flexibility index (Phi) is 3.37. The van der Waals surface area contributed by atoms with Crippen LogP contribution in [0.1, 0.15) is 74.7 Å². The molecule has 2 aliphatic heterocycles. The lowest BCUT2D eigenvalue weighted by Crippen LogP contribution is -2.30. The van der Waals surface area contributed by atoms with Gasteiger partial charge in [-0.1, -0.05) is 12.1 Å². The van der Waals surface area contributed by atoms with E-state index in [4.69, 9.17) is 21.2 Å². The molecule has 1 fully saturated rings. The Labute approximate surface area is 211 Å². The molecular formula is C27H31N3O3. The smallest absolute Gasteiger partial charge is 0.261 e. The van der Waals surface area contributed by atoms with E-state index in [0.29, 0.717) is 17.3 Å². The van der Waals surface area contributed by atoms with Gasteiger partial charge in [-0.15, -0.1) is 0 Å². The molecule has 0 aliphatic carbocycles. The summed E-state index contributed by atoms with van der Waals surface area (Å²) in [6.45, 7) is -6.72. The molecule has 0 saturated carbocycles. The quantitative estimate of drug-likeness (QED) is 0.475. The normalized spacial score (nSPS) is 26.5. The second kappa shape index (κ2) is 9.40. The highest BCUT2D eigenvalue weighted by Gasteiger charge is 2.34. The number of aromatic nitrogens is 1. The number of fused-ring (bicyclic) bond motifs is 2. The first kappa shape index (κ1) is 11.8. The number of benzene rings is 2. The molecule has 5 rings (SSSR count). The molecule has 6 heteroatoms. The maximum atomic E-state index is 13.0. The summed E-state index contributed by atoms with van der Waals surface area (Å²) in [7, 11) is 1.82. The highest BCUT2D eigenvalue weighted by Crippen LogP contribution is 2.28. The van der Waals surface area contributed by atoms with Crippen molar-refractivity contribution in [3.8, 4) is 5.75 Å². The Bertz CT molecular complexity index is 1640. The Morgan fingerprint density at radius 2 is 1.88 bits per heavy atom. The van der Waals surface area contributed by atoms with E-state index in [1.165, 1.54) is 48.7 Å². The van der Waals surface area contributed by atoms with Crippen molar-refractivity contribution in [2.24, 2.45) is 0 Å². The molecule has 0 radical (unpaired) electrons. The Morgan fingerprint density at radius 1 is 1.09 bits per heavy atom. The first-order valence-electron chi connectivity index (χ1n) is 16.6. The van der Waals surface area contributed by atoms with Crippen LogP contribution in [0.2, 0.25) is 0 Å². The van der Waals surface area contributed by atoms with Gasteiger partial charge in [0.15, 0.2) is 0 Å². The summed E-state index contributed by atoms with van der Waals surface area (Å²) in [5.41, 5.74) is 0.248. The maximum absolute atomic E-state index is 13.0. The number of rotatable bonds is 9. The zero-order valence-electron chi connectivity index (χ0n) is 29.9. The van der Waals surface area contributed by atoms with Crippen molar-refractivity contribution in [1.82, 2.24) is 14.8 Å². The van der Waals surface area contributed by atoms with Gasteiger partial charge in [0.25, 0.3) is 11.8 Å². The lowest BCUT2D eigenvalue weighted by Gasteiger charge is -2.18. The fourth-order valence-electron chi connectivity index (χ4n) is 4.07. The number of amides is 2. The summed E-state index contributed by atoms with van der Waals surface area (Å²) < 4.78 is 107. The topological polar surface area (TPSA) is 65.6 Å². The molecule has 1 aromatic heterocycles. The van der Waals surface area contributed by atoms with E-state index in [-0.39, 0.29) is 27.3 Å². The van der Waals surface area contributed by atoms with Crippen LogP contribution in [-0.4, -0.2) is 59.3 Å². The van der Waals surface area contributed by atoms with Crippen LogP contribution in [-0.2, 0) is 6.37 Å². The number of nitrogens with one attached hydrogen (secondary N) is 1. The van der Waals surface area contributed by atoms with E-state index >= 15 is 0 Å². The number of likely N-dealkylation sites (N-methyl/N-ethyl adjacent to an activating group) is 1. The van der Waals surface area contributed by atoms with Crippen molar-refractivity contribution in [3.05, 3.63) is 65.4 Å². The maximum Gasteiger partial charge on any atom is 0.261 e. The molecule has 1 atom stereocenters. The number of hydrogen-bond acceptors (Lipinski definition) is 4. The first-order valence-corrected chi connectivity index (χ1v) is 10.6. The van der Waals surface area contributed by atoms with Crippen molar-refractivity contribution in [2.75, 3.05) is 26.6 Å². The van der Waals surface area contributed by atoms with Crippen molar-refractivity contribution < 1.29 is 30.8 Å². The van der Waals surface area contributed by atoms with Gasteiger partial charge in [-0.3, -0.25) is 14.5 Å². The monoisotopic (exact) mass is 457 g/mol. The van der Waals surface area contributed by atoms with Crippen LogP contribution < -0.4 is 4.74 Å². The number of nitrogens with zero attached hydrogens (tertiary/aromatic N) is 2. The summed E-state index contributed by atoms with van der Waals surface area (Å²) in [5, 5.41) is 0.314. The van der Waals surface area contributed by atoms with Gasteiger partial charge in [0.1, 0.15) is 5.75 Å². The van der Waals surface area contributed by atoms with Gasteiger partial charge in [-0.25, -0.2) is 0 Å². The number of ether oxygens (including phenoxy) is 1. The molecule has 2 aromatic carbocycles. The number of aromatic amines is 1. The van der Waals surface area contributed by atoms with Gasteiger partial charge in [-0.2, -0.15) is 0 Å². The van der Waals surface area contributed by atoms with Crippen molar-refractivity contribution in [1.29, 1.82) is 0 Å². The number of likely N-dealkylation sites (tertiary alicyclic amines) is 1. The molecule has 2 aliphatic rings. The molecule has 0 unspecified atom stereocenters. The SMILES string of the molecule is [2H]C([2H])(c1c[nH]c2ccc(OC([2H])([2H])C([2H])([2H])C([2H])([2H])C([2H])([2H])C([2H])([2H])N3C(=O)c4ccccc4C3=O)cc12)[C@H]1CCCN1C. The number of imide groups is 1. The molecule has 0 spiro atoms. The van der Waals surface area contributed by atoms with Crippen LogP contribution in [0.15, 0.2) is 48.7 Å². The third-order valence-electron chi connectivity index (χ3n) is 5.80. The minimum atomic E-state index is -4.06. The van der Waals surface area contributed by atoms with Gasteiger partial charge < -0.3 is 14.6 Å². The molecule has 1 N–H and O–H groups in total. The van der Waals surface area contributed by atoms with Crippen molar-refractivity contribution in [2.45, 2.75) is 44.4 Å². The Balaban J connectivity index is 1.47. The van der Waals surface area contributed by atoms with E-state index in [1.54, 1.807) is 0 Å². The van der Waals surface area contributed by atoms with Gasteiger partial charge in [-0.05, 0) is 87.8 Å². The second-order valence-electron chi connectivity index (χ2n) is 7.87. The van der Waals surface area contributed by atoms with Gasteiger partial charge in [0.05, 0.1) is 20.4 Å². The molecule has 0 bridgehead atoms. The Hall–Kier alpha value is -3.12. The lowest BCUT2D eigenvalue weighted by atomic mass is 10.0. The summed E-state index contributed by atoms with van der Waals surface area (Å²) in [4.78, 5) is 30.7. The number of hydrogen-bond donors (Lipinski definition) is 1. The molecule has 6 nitrogen and oxygen atoms in total. The largest absolute Gasteiger partial charge is 0.494 e. The number of carbonyl (C=O) groups is 2.